The molecule has 70 valence electrons. The number of carboxylic acids is 1. The van der Waals surface area contributed by atoms with Crippen molar-refractivity contribution in [1.29, 1.82) is 0 Å². The zero-order chi connectivity index (χ0) is 10.0. The standard InChI is InChI=1S/C8H9ClN2O2/c1-11(2)6-3-5(9)4-10-7(6)8(12)13/h3-4H,1-2H3,(H,12,13). The van der Waals surface area contributed by atoms with Crippen LogP contribution in [-0.4, -0.2) is 30.2 Å². The van der Waals surface area contributed by atoms with Gasteiger partial charge in [0, 0.05) is 20.3 Å². The van der Waals surface area contributed by atoms with E-state index in [1.54, 1.807) is 25.1 Å². The van der Waals surface area contributed by atoms with E-state index in [2.05, 4.69) is 4.98 Å². The number of carboxylic acid groups (broad SMARTS) is 1. The quantitative estimate of drug-likeness (QED) is 0.786. The summed E-state index contributed by atoms with van der Waals surface area (Å²) in [6.45, 7) is 0. The van der Waals surface area contributed by atoms with Gasteiger partial charge < -0.3 is 10.0 Å². The highest BCUT2D eigenvalue weighted by Gasteiger charge is 2.13. The van der Waals surface area contributed by atoms with Gasteiger partial charge in [0.15, 0.2) is 5.69 Å². The van der Waals surface area contributed by atoms with Crippen LogP contribution in [0.4, 0.5) is 5.69 Å². The third-order valence-electron chi connectivity index (χ3n) is 1.52. The molecule has 0 atom stereocenters. The van der Waals surface area contributed by atoms with Gasteiger partial charge in [-0.25, -0.2) is 9.78 Å². The van der Waals surface area contributed by atoms with Gasteiger partial charge in [0.05, 0.1) is 10.7 Å². The molecule has 0 saturated carbocycles. The molecular weight excluding hydrogens is 192 g/mol. The van der Waals surface area contributed by atoms with Crippen LogP contribution < -0.4 is 4.90 Å². The SMILES string of the molecule is CN(C)c1cc(Cl)cnc1C(=O)O. The summed E-state index contributed by atoms with van der Waals surface area (Å²) in [7, 11) is 3.47. The molecular formula is C8H9ClN2O2. The molecule has 0 fully saturated rings. The molecule has 1 N–H and O–H groups in total. The van der Waals surface area contributed by atoms with E-state index >= 15 is 0 Å². The number of nitrogens with zero attached hydrogens (tertiary/aromatic N) is 2. The summed E-state index contributed by atoms with van der Waals surface area (Å²) in [5, 5.41) is 9.20. The van der Waals surface area contributed by atoms with Crippen LogP contribution in [0.1, 0.15) is 10.5 Å². The molecule has 1 rings (SSSR count). The third kappa shape index (κ3) is 2.09. The molecule has 0 unspecified atom stereocenters. The predicted octanol–water partition coefficient (Wildman–Crippen LogP) is 1.50. The molecule has 0 aliphatic heterocycles. The summed E-state index contributed by atoms with van der Waals surface area (Å²) < 4.78 is 0. The molecule has 4 nitrogen and oxygen atoms in total. The highest BCUT2D eigenvalue weighted by molar-refractivity contribution is 6.30. The van der Waals surface area contributed by atoms with Gasteiger partial charge in [0.25, 0.3) is 0 Å². The summed E-state index contributed by atoms with van der Waals surface area (Å²) in [6.07, 6.45) is 1.32. The van der Waals surface area contributed by atoms with Crippen molar-refractivity contribution >= 4 is 23.3 Å². The third-order valence-corrected chi connectivity index (χ3v) is 1.73. The second-order valence-electron chi connectivity index (χ2n) is 2.72. The van der Waals surface area contributed by atoms with E-state index < -0.39 is 5.97 Å². The van der Waals surface area contributed by atoms with Crippen LogP contribution in [0.5, 0.6) is 0 Å². The fourth-order valence-corrected chi connectivity index (χ4v) is 1.09. The van der Waals surface area contributed by atoms with Crippen LogP contribution in [0.25, 0.3) is 0 Å². The van der Waals surface area contributed by atoms with Crippen molar-refractivity contribution < 1.29 is 9.90 Å². The van der Waals surface area contributed by atoms with E-state index in [0.717, 1.165) is 0 Å². The monoisotopic (exact) mass is 200 g/mol. The van der Waals surface area contributed by atoms with Gasteiger partial charge in [0.2, 0.25) is 0 Å². The first-order valence-electron chi connectivity index (χ1n) is 3.58. The molecule has 0 aromatic carbocycles. The summed E-state index contributed by atoms with van der Waals surface area (Å²) >= 11 is 5.68. The number of pyridine rings is 1. The van der Waals surface area contributed by atoms with Crippen molar-refractivity contribution in [2.75, 3.05) is 19.0 Å². The van der Waals surface area contributed by atoms with Crippen LogP contribution in [-0.2, 0) is 0 Å². The number of rotatable bonds is 2. The van der Waals surface area contributed by atoms with Crippen LogP contribution in [0.3, 0.4) is 0 Å². The number of hydrogen-bond acceptors (Lipinski definition) is 3. The molecule has 0 aliphatic rings. The largest absolute Gasteiger partial charge is 0.476 e. The van der Waals surface area contributed by atoms with Crippen molar-refractivity contribution in [3.8, 4) is 0 Å². The maximum atomic E-state index is 10.7. The Kier molecular flexibility index (Phi) is 2.72. The van der Waals surface area contributed by atoms with Gasteiger partial charge in [0.1, 0.15) is 0 Å². The second kappa shape index (κ2) is 3.62. The lowest BCUT2D eigenvalue weighted by molar-refractivity contribution is 0.0691. The van der Waals surface area contributed by atoms with Gasteiger partial charge in [-0.3, -0.25) is 0 Å². The molecule has 0 spiro atoms. The molecule has 0 bridgehead atoms. The second-order valence-corrected chi connectivity index (χ2v) is 3.16. The van der Waals surface area contributed by atoms with Gasteiger partial charge in [-0.2, -0.15) is 0 Å². The van der Waals surface area contributed by atoms with E-state index in [9.17, 15) is 4.79 Å². The number of anilines is 1. The smallest absolute Gasteiger partial charge is 0.356 e. The Balaban J connectivity index is 3.26. The van der Waals surface area contributed by atoms with Gasteiger partial charge in [-0.05, 0) is 6.07 Å². The Labute approximate surface area is 80.8 Å². The summed E-state index contributed by atoms with van der Waals surface area (Å²) in [6, 6.07) is 1.57. The molecule has 1 aromatic heterocycles. The molecule has 13 heavy (non-hydrogen) atoms. The summed E-state index contributed by atoms with van der Waals surface area (Å²) in [4.78, 5) is 16.1. The first-order chi connectivity index (χ1) is 6.02. The van der Waals surface area contributed by atoms with Crippen molar-refractivity contribution in [3.63, 3.8) is 0 Å². The summed E-state index contributed by atoms with van der Waals surface area (Å²) in [5.74, 6) is -1.06. The molecule has 0 saturated heterocycles. The Morgan fingerprint density at radius 3 is 2.69 bits per heavy atom. The Morgan fingerprint density at radius 2 is 2.23 bits per heavy atom. The Morgan fingerprint density at radius 1 is 1.62 bits per heavy atom. The highest BCUT2D eigenvalue weighted by Crippen LogP contribution is 2.20. The zero-order valence-electron chi connectivity index (χ0n) is 7.28. The Bertz CT molecular complexity index is 339. The molecule has 1 aromatic rings. The lowest BCUT2D eigenvalue weighted by atomic mass is 10.3. The van der Waals surface area contributed by atoms with Crippen LogP contribution in [0, 0.1) is 0 Å². The molecule has 0 aliphatic carbocycles. The molecule has 5 heteroatoms. The minimum absolute atomic E-state index is 0.00870. The first-order valence-corrected chi connectivity index (χ1v) is 3.96. The molecule has 1 heterocycles. The summed E-state index contributed by atoms with van der Waals surface area (Å²) in [5.41, 5.74) is 0.509. The van der Waals surface area contributed by atoms with E-state index in [1.807, 2.05) is 0 Å². The number of aromatic nitrogens is 1. The average Bonchev–Trinajstić information content (AvgIpc) is 2.03. The van der Waals surface area contributed by atoms with Gasteiger partial charge >= 0.3 is 5.97 Å². The average molecular weight is 201 g/mol. The van der Waals surface area contributed by atoms with E-state index in [1.165, 1.54) is 6.20 Å². The minimum Gasteiger partial charge on any atom is -0.476 e. The first kappa shape index (κ1) is 9.80. The van der Waals surface area contributed by atoms with Crippen molar-refractivity contribution in [3.05, 3.63) is 23.0 Å². The number of hydrogen-bond donors (Lipinski definition) is 1. The lowest BCUT2D eigenvalue weighted by Gasteiger charge is -2.14. The van der Waals surface area contributed by atoms with Crippen LogP contribution >= 0.6 is 11.6 Å². The van der Waals surface area contributed by atoms with Crippen LogP contribution in [0.2, 0.25) is 5.02 Å². The van der Waals surface area contributed by atoms with Crippen LogP contribution in [0.15, 0.2) is 12.3 Å². The van der Waals surface area contributed by atoms with E-state index in [0.29, 0.717) is 10.7 Å². The maximum absolute atomic E-state index is 10.7. The minimum atomic E-state index is -1.06. The number of aromatic carboxylic acids is 1. The zero-order valence-corrected chi connectivity index (χ0v) is 8.04. The molecule has 0 amide bonds. The van der Waals surface area contributed by atoms with Crippen molar-refractivity contribution in [1.82, 2.24) is 4.98 Å². The number of carbonyl (C=O) groups is 1. The van der Waals surface area contributed by atoms with Gasteiger partial charge in [-0.1, -0.05) is 11.6 Å². The predicted molar refractivity (Wildman–Crippen MR) is 50.5 cm³/mol. The number of halogens is 1. The Hall–Kier alpha value is -1.29. The maximum Gasteiger partial charge on any atom is 0.356 e. The highest BCUT2D eigenvalue weighted by atomic mass is 35.5. The van der Waals surface area contributed by atoms with E-state index in [-0.39, 0.29) is 5.69 Å². The fraction of sp³-hybridized carbons (Fsp3) is 0.250. The van der Waals surface area contributed by atoms with Gasteiger partial charge in [-0.15, -0.1) is 0 Å². The van der Waals surface area contributed by atoms with E-state index in [4.69, 9.17) is 16.7 Å². The lowest BCUT2D eigenvalue weighted by Crippen LogP contribution is -2.15. The topological polar surface area (TPSA) is 53.4 Å². The van der Waals surface area contributed by atoms with Crippen molar-refractivity contribution in [2.45, 2.75) is 0 Å². The fourth-order valence-electron chi connectivity index (χ4n) is 0.934. The normalized spacial score (nSPS) is 9.77. The molecule has 0 radical (unpaired) electrons. The van der Waals surface area contributed by atoms with Crippen molar-refractivity contribution in [2.24, 2.45) is 0 Å².